The Kier molecular flexibility index (Phi) is 4.29. The van der Waals surface area contributed by atoms with Crippen molar-refractivity contribution in [2.24, 2.45) is 0 Å². The van der Waals surface area contributed by atoms with Crippen molar-refractivity contribution in [3.05, 3.63) is 48.0 Å². The molecule has 0 spiro atoms. The first-order valence-electron chi connectivity index (χ1n) is 6.42. The number of anilines is 1. The summed E-state index contributed by atoms with van der Waals surface area (Å²) in [6, 6.07) is 13.5. The van der Waals surface area contributed by atoms with E-state index in [2.05, 4.69) is 19.1 Å². The Morgan fingerprint density at radius 2 is 1.63 bits per heavy atom. The van der Waals surface area contributed by atoms with Crippen LogP contribution in [0.15, 0.2) is 42.5 Å². The number of nitrogens with two attached hydrogens (primary N) is 1. The number of aryl methyl sites for hydroxylation is 1. The molecular formula is C16H19NO2. The second-order valence-corrected chi connectivity index (χ2v) is 4.44. The SMILES string of the molecule is CCCc1ccc(Oc2cc(N)cc(OC)c2)cc1. The van der Waals surface area contributed by atoms with Crippen LogP contribution in [-0.2, 0) is 6.42 Å². The van der Waals surface area contributed by atoms with Gasteiger partial charge in [0, 0.05) is 23.9 Å². The molecular weight excluding hydrogens is 238 g/mol. The summed E-state index contributed by atoms with van der Waals surface area (Å²) in [4.78, 5) is 0. The highest BCUT2D eigenvalue weighted by atomic mass is 16.5. The molecule has 0 amide bonds. The van der Waals surface area contributed by atoms with E-state index in [1.807, 2.05) is 18.2 Å². The van der Waals surface area contributed by atoms with Crippen LogP contribution in [0.25, 0.3) is 0 Å². The smallest absolute Gasteiger partial charge is 0.133 e. The summed E-state index contributed by atoms with van der Waals surface area (Å²) in [6.45, 7) is 2.17. The lowest BCUT2D eigenvalue weighted by atomic mass is 10.1. The van der Waals surface area contributed by atoms with Crippen molar-refractivity contribution in [1.82, 2.24) is 0 Å². The topological polar surface area (TPSA) is 44.5 Å². The molecule has 0 atom stereocenters. The molecule has 0 aliphatic carbocycles. The van der Waals surface area contributed by atoms with E-state index in [0.717, 1.165) is 18.6 Å². The Morgan fingerprint density at radius 3 is 2.26 bits per heavy atom. The van der Waals surface area contributed by atoms with Crippen molar-refractivity contribution in [2.45, 2.75) is 19.8 Å². The summed E-state index contributed by atoms with van der Waals surface area (Å²) in [5, 5.41) is 0. The van der Waals surface area contributed by atoms with Crippen LogP contribution in [0.4, 0.5) is 5.69 Å². The summed E-state index contributed by atoms with van der Waals surface area (Å²) in [6.07, 6.45) is 2.24. The minimum Gasteiger partial charge on any atom is -0.497 e. The van der Waals surface area contributed by atoms with E-state index in [1.165, 1.54) is 5.56 Å². The standard InChI is InChI=1S/C16H19NO2/c1-3-4-12-5-7-14(8-6-12)19-16-10-13(17)9-15(11-16)18-2/h5-11H,3-4,17H2,1-2H3. The van der Waals surface area contributed by atoms with Crippen LogP contribution in [0.5, 0.6) is 17.2 Å². The van der Waals surface area contributed by atoms with E-state index in [4.69, 9.17) is 15.2 Å². The minimum absolute atomic E-state index is 0.622. The van der Waals surface area contributed by atoms with Crippen molar-refractivity contribution in [2.75, 3.05) is 12.8 Å². The Hall–Kier alpha value is -2.16. The van der Waals surface area contributed by atoms with E-state index in [1.54, 1.807) is 19.2 Å². The van der Waals surface area contributed by atoms with Gasteiger partial charge in [0.25, 0.3) is 0 Å². The lowest BCUT2D eigenvalue weighted by Gasteiger charge is -2.09. The first-order valence-corrected chi connectivity index (χ1v) is 6.42. The molecule has 0 aromatic heterocycles. The van der Waals surface area contributed by atoms with Gasteiger partial charge in [-0.25, -0.2) is 0 Å². The number of nitrogen functional groups attached to an aromatic ring is 1. The second-order valence-electron chi connectivity index (χ2n) is 4.44. The molecule has 0 aliphatic rings. The molecule has 2 N–H and O–H groups in total. The van der Waals surface area contributed by atoms with Crippen molar-refractivity contribution in [1.29, 1.82) is 0 Å². The zero-order chi connectivity index (χ0) is 13.7. The van der Waals surface area contributed by atoms with E-state index in [-0.39, 0.29) is 0 Å². The number of hydrogen-bond acceptors (Lipinski definition) is 3. The van der Waals surface area contributed by atoms with Gasteiger partial charge in [0.15, 0.2) is 0 Å². The number of ether oxygens (including phenoxy) is 2. The molecule has 0 bridgehead atoms. The fraction of sp³-hybridized carbons (Fsp3) is 0.250. The first kappa shape index (κ1) is 13.3. The summed E-state index contributed by atoms with van der Waals surface area (Å²) < 4.78 is 10.9. The van der Waals surface area contributed by atoms with E-state index >= 15 is 0 Å². The lowest BCUT2D eigenvalue weighted by molar-refractivity contribution is 0.409. The third-order valence-corrected chi connectivity index (χ3v) is 2.84. The van der Waals surface area contributed by atoms with Crippen molar-refractivity contribution in [3.8, 4) is 17.2 Å². The summed E-state index contributed by atoms with van der Waals surface area (Å²) in [5.74, 6) is 2.17. The quantitative estimate of drug-likeness (QED) is 0.823. The maximum absolute atomic E-state index is 5.79. The highest BCUT2D eigenvalue weighted by Gasteiger charge is 2.02. The van der Waals surface area contributed by atoms with Crippen molar-refractivity contribution >= 4 is 5.69 Å². The normalized spacial score (nSPS) is 10.2. The van der Waals surface area contributed by atoms with Gasteiger partial charge in [-0.05, 0) is 24.1 Å². The van der Waals surface area contributed by atoms with Crippen LogP contribution in [0.2, 0.25) is 0 Å². The van der Waals surface area contributed by atoms with E-state index in [9.17, 15) is 0 Å². The average molecular weight is 257 g/mol. The monoisotopic (exact) mass is 257 g/mol. The van der Waals surface area contributed by atoms with Gasteiger partial charge in [-0.1, -0.05) is 25.5 Å². The number of methoxy groups -OCH3 is 1. The van der Waals surface area contributed by atoms with Crippen LogP contribution in [0.1, 0.15) is 18.9 Å². The molecule has 0 saturated heterocycles. The molecule has 0 radical (unpaired) electrons. The molecule has 0 aliphatic heterocycles. The average Bonchev–Trinajstić information content (AvgIpc) is 2.40. The van der Waals surface area contributed by atoms with Crippen LogP contribution in [0, 0.1) is 0 Å². The van der Waals surface area contributed by atoms with Gasteiger partial charge < -0.3 is 15.2 Å². The Labute approximate surface area is 114 Å². The predicted molar refractivity (Wildman–Crippen MR) is 77.9 cm³/mol. The third kappa shape index (κ3) is 3.65. The lowest BCUT2D eigenvalue weighted by Crippen LogP contribution is -1.91. The molecule has 0 heterocycles. The largest absolute Gasteiger partial charge is 0.497 e. The van der Waals surface area contributed by atoms with Gasteiger partial charge >= 0.3 is 0 Å². The van der Waals surface area contributed by atoms with Crippen LogP contribution in [-0.4, -0.2) is 7.11 Å². The molecule has 0 unspecified atom stereocenters. The molecule has 2 aromatic rings. The van der Waals surface area contributed by atoms with Crippen LogP contribution < -0.4 is 15.2 Å². The van der Waals surface area contributed by atoms with Gasteiger partial charge in [-0.2, -0.15) is 0 Å². The van der Waals surface area contributed by atoms with E-state index in [0.29, 0.717) is 17.2 Å². The molecule has 100 valence electrons. The van der Waals surface area contributed by atoms with E-state index < -0.39 is 0 Å². The van der Waals surface area contributed by atoms with Gasteiger partial charge in [0.2, 0.25) is 0 Å². The Balaban J connectivity index is 2.14. The highest BCUT2D eigenvalue weighted by molar-refractivity contribution is 5.51. The maximum atomic E-state index is 5.79. The fourth-order valence-corrected chi connectivity index (χ4v) is 1.92. The Morgan fingerprint density at radius 1 is 0.947 bits per heavy atom. The molecule has 19 heavy (non-hydrogen) atoms. The van der Waals surface area contributed by atoms with Gasteiger partial charge in [-0.3, -0.25) is 0 Å². The summed E-state index contributed by atoms with van der Waals surface area (Å²) in [7, 11) is 1.61. The van der Waals surface area contributed by atoms with Crippen LogP contribution >= 0.6 is 0 Å². The van der Waals surface area contributed by atoms with Crippen LogP contribution in [0.3, 0.4) is 0 Å². The zero-order valence-electron chi connectivity index (χ0n) is 11.3. The summed E-state index contributed by atoms with van der Waals surface area (Å²) >= 11 is 0. The molecule has 2 aromatic carbocycles. The van der Waals surface area contributed by atoms with Crippen molar-refractivity contribution in [3.63, 3.8) is 0 Å². The molecule has 0 saturated carbocycles. The molecule has 0 fully saturated rings. The zero-order valence-corrected chi connectivity index (χ0v) is 11.3. The predicted octanol–water partition coefficient (Wildman–Crippen LogP) is 4.02. The van der Waals surface area contributed by atoms with Gasteiger partial charge in [-0.15, -0.1) is 0 Å². The summed E-state index contributed by atoms with van der Waals surface area (Å²) in [5.41, 5.74) is 7.73. The fourth-order valence-electron chi connectivity index (χ4n) is 1.92. The number of benzene rings is 2. The second kappa shape index (κ2) is 6.14. The van der Waals surface area contributed by atoms with Gasteiger partial charge in [0.1, 0.15) is 17.2 Å². The molecule has 3 nitrogen and oxygen atoms in total. The highest BCUT2D eigenvalue weighted by Crippen LogP contribution is 2.28. The maximum Gasteiger partial charge on any atom is 0.133 e. The van der Waals surface area contributed by atoms with Gasteiger partial charge in [0.05, 0.1) is 7.11 Å². The van der Waals surface area contributed by atoms with Crippen molar-refractivity contribution < 1.29 is 9.47 Å². The molecule has 3 heteroatoms. The number of rotatable bonds is 5. The minimum atomic E-state index is 0.622. The number of hydrogen-bond donors (Lipinski definition) is 1. The third-order valence-electron chi connectivity index (χ3n) is 2.84. The Bertz CT molecular complexity index is 535. The molecule has 2 rings (SSSR count). The first-order chi connectivity index (χ1) is 9.21.